The standard InChI is InChI=1S/C17H13Cl2NO2S2/c18-12-3-4-14(19)13(8-12)16(21)20-10-17(22,11-5-7-23-9-11)15-2-1-6-24-15/h1-9,22H,10H2,(H,20,21)/t17-/m1/s1. The summed E-state index contributed by atoms with van der Waals surface area (Å²) in [5.41, 5.74) is -0.259. The molecule has 0 fully saturated rings. The summed E-state index contributed by atoms with van der Waals surface area (Å²) in [6, 6.07) is 10.3. The molecule has 2 aromatic heterocycles. The van der Waals surface area contributed by atoms with Crippen molar-refractivity contribution in [1.82, 2.24) is 5.32 Å². The fourth-order valence-electron chi connectivity index (χ4n) is 2.32. The van der Waals surface area contributed by atoms with E-state index in [0.29, 0.717) is 10.0 Å². The first-order valence-corrected chi connectivity index (χ1v) is 9.61. The van der Waals surface area contributed by atoms with Crippen LogP contribution in [0.15, 0.2) is 52.5 Å². The second-order valence-corrected chi connectivity index (χ2v) is 7.73. The van der Waals surface area contributed by atoms with Crippen molar-refractivity contribution in [1.29, 1.82) is 0 Å². The van der Waals surface area contributed by atoms with Crippen LogP contribution in [0.5, 0.6) is 0 Å². The molecular weight excluding hydrogens is 385 g/mol. The zero-order valence-corrected chi connectivity index (χ0v) is 15.5. The molecule has 0 aliphatic heterocycles. The average Bonchev–Trinajstić information content (AvgIpc) is 3.28. The van der Waals surface area contributed by atoms with Gasteiger partial charge in [0.2, 0.25) is 0 Å². The predicted octanol–water partition coefficient (Wildman–Crippen LogP) is 4.78. The lowest BCUT2D eigenvalue weighted by Gasteiger charge is -2.27. The van der Waals surface area contributed by atoms with E-state index >= 15 is 0 Å². The van der Waals surface area contributed by atoms with E-state index in [1.165, 1.54) is 28.7 Å². The van der Waals surface area contributed by atoms with Crippen molar-refractivity contribution in [3.63, 3.8) is 0 Å². The molecule has 1 atom stereocenters. The highest BCUT2D eigenvalue weighted by atomic mass is 35.5. The minimum absolute atomic E-state index is 0.0337. The number of carbonyl (C=O) groups excluding carboxylic acids is 1. The Labute approximate surface area is 157 Å². The van der Waals surface area contributed by atoms with E-state index in [-0.39, 0.29) is 18.0 Å². The molecule has 0 saturated carbocycles. The summed E-state index contributed by atoms with van der Waals surface area (Å²) in [4.78, 5) is 13.2. The Morgan fingerprint density at radius 3 is 2.71 bits per heavy atom. The van der Waals surface area contributed by atoms with Gasteiger partial charge in [0.1, 0.15) is 5.60 Å². The molecule has 1 amide bonds. The van der Waals surface area contributed by atoms with Gasteiger partial charge < -0.3 is 10.4 Å². The second kappa shape index (κ2) is 7.25. The summed E-state index contributed by atoms with van der Waals surface area (Å²) in [5.74, 6) is -0.382. The number of benzene rings is 1. The number of halogens is 2. The van der Waals surface area contributed by atoms with E-state index in [9.17, 15) is 9.90 Å². The molecule has 0 spiro atoms. The Balaban J connectivity index is 1.85. The number of hydrogen-bond acceptors (Lipinski definition) is 4. The Hall–Kier alpha value is -1.37. The van der Waals surface area contributed by atoms with Gasteiger partial charge >= 0.3 is 0 Å². The molecule has 0 radical (unpaired) electrons. The van der Waals surface area contributed by atoms with Crippen molar-refractivity contribution in [2.45, 2.75) is 5.60 Å². The van der Waals surface area contributed by atoms with Gasteiger partial charge in [-0.3, -0.25) is 4.79 Å². The Morgan fingerprint density at radius 1 is 1.21 bits per heavy atom. The molecule has 1 aromatic carbocycles. The Bertz CT molecular complexity index is 798. The summed E-state index contributed by atoms with van der Waals surface area (Å²) in [7, 11) is 0. The molecule has 0 aliphatic carbocycles. The third-order valence-corrected chi connectivity index (χ3v) is 5.87. The molecule has 0 saturated heterocycles. The Kier molecular flexibility index (Phi) is 5.27. The molecule has 0 aliphatic rings. The summed E-state index contributed by atoms with van der Waals surface area (Å²) < 4.78 is 0. The van der Waals surface area contributed by atoms with Crippen LogP contribution in [0.3, 0.4) is 0 Å². The van der Waals surface area contributed by atoms with Gasteiger partial charge in [-0.25, -0.2) is 0 Å². The van der Waals surface area contributed by atoms with Crippen molar-refractivity contribution < 1.29 is 9.90 Å². The van der Waals surface area contributed by atoms with Gasteiger partial charge in [-0.1, -0.05) is 29.3 Å². The zero-order valence-electron chi connectivity index (χ0n) is 12.3. The topological polar surface area (TPSA) is 49.3 Å². The number of rotatable bonds is 5. The molecule has 24 heavy (non-hydrogen) atoms. The average molecular weight is 398 g/mol. The van der Waals surface area contributed by atoms with Crippen LogP contribution in [0, 0.1) is 0 Å². The molecule has 7 heteroatoms. The monoisotopic (exact) mass is 397 g/mol. The minimum Gasteiger partial charge on any atom is -0.378 e. The lowest BCUT2D eigenvalue weighted by atomic mass is 9.94. The van der Waals surface area contributed by atoms with Crippen LogP contribution < -0.4 is 5.32 Å². The number of amides is 1. The van der Waals surface area contributed by atoms with Crippen LogP contribution in [-0.2, 0) is 5.60 Å². The molecule has 0 unspecified atom stereocenters. The van der Waals surface area contributed by atoms with Gasteiger partial charge in [0.05, 0.1) is 17.1 Å². The van der Waals surface area contributed by atoms with Gasteiger partial charge in [-0.15, -0.1) is 11.3 Å². The van der Waals surface area contributed by atoms with Crippen molar-refractivity contribution in [2.75, 3.05) is 6.54 Å². The SMILES string of the molecule is O=C(NC[C@@](O)(c1ccsc1)c1cccs1)c1cc(Cl)ccc1Cl. The number of nitrogens with one attached hydrogen (secondary N) is 1. The molecule has 124 valence electrons. The van der Waals surface area contributed by atoms with Crippen LogP contribution in [0.25, 0.3) is 0 Å². The highest BCUT2D eigenvalue weighted by Gasteiger charge is 2.33. The van der Waals surface area contributed by atoms with Crippen LogP contribution in [0.2, 0.25) is 10.0 Å². The molecule has 0 bridgehead atoms. The third-order valence-electron chi connectivity index (χ3n) is 3.61. The van der Waals surface area contributed by atoms with Crippen LogP contribution in [0.4, 0.5) is 0 Å². The smallest absolute Gasteiger partial charge is 0.252 e. The molecule has 3 aromatic rings. The fraction of sp³-hybridized carbons (Fsp3) is 0.118. The number of aliphatic hydroxyl groups is 1. The maximum atomic E-state index is 12.4. The summed E-state index contributed by atoms with van der Waals surface area (Å²) >= 11 is 14.9. The zero-order chi connectivity index (χ0) is 17.2. The van der Waals surface area contributed by atoms with Gasteiger partial charge in [0.25, 0.3) is 5.91 Å². The predicted molar refractivity (Wildman–Crippen MR) is 100 cm³/mol. The quantitative estimate of drug-likeness (QED) is 0.650. The van der Waals surface area contributed by atoms with Crippen LogP contribution >= 0.6 is 45.9 Å². The van der Waals surface area contributed by atoms with E-state index in [1.54, 1.807) is 12.1 Å². The van der Waals surface area contributed by atoms with Gasteiger partial charge in [-0.05, 0) is 46.5 Å². The van der Waals surface area contributed by atoms with Crippen molar-refractivity contribution in [3.8, 4) is 0 Å². The first-order chi connectivity index (χ1) is 11.5. The number of thiophene rings is 2. The van der Waals surface area contributed by atoms with Gasteiger partial charge in [0, 0.05) is 15.5 Å². The van der Waals surface area contributed by atoms with E-state index in [0.717, 1.165) is 10.4 Å². The summed E-state index contributed by atoms with van der Waals surface area (Å²) in [5, 5.41) is 20.4. The normalized spacial score (nSPS) is 13.5. The Morgan fingerprint density at radius 2 is 2.04 bits per heavy atom. The lowest BCUT2D eigenvalue weighted by molar-refractivity contribution is 0.0721. The first-order valence-electron chi connectivity index (χ1n) is 7.03. The molecular formula is C17H13Cl2NO2S2. The third kappa shape index (κ3) is 3.50. The molecule has 2 N–H and O–H groups in total. The maximum absolute atomic E-state index is 12.4. The van der Waals surface area contributed by atoms with Crippen LogP contribution in [0.1, 0.15) is 20.8 Å². The van der Waals surface area contributed by atoms with E-state index in [2.05, 4.69) is 5.32 Å². The highest BCUT2D eigenvalue weighted by Crippen LogP contribution is 2.33. The van der Waals surface area contributed by atoms with E-state index in [4.69, 9.17) is 23.2 Å². The fourth-order valence-corrected chi connectivity index (χ4v) is 4.27. The minimum atomic E-state index is -1.28. The van der Waals surface area contributed by atoms with Crippen molar-refractivity contribution in [3.05, 3.63) is 78.6 Å². The lowest BCUT2D eigenvalue weighted by Crippen LogP contribution is -2.41. The molecule has 2 heterocycles. The van der Waals surface area contributed by atoms with Crippen molar-refractivity contribution >= 4 is 51.8 Å². The second-order valence-electron chi connectivity index (χ2n) is 5.16. The van der Waals surface area contributed by atoms with E-state index in [1.807, 2.05) is 34.3 Å². The van der Waals surface area contributed by atoms with Gasteiger partial charge in [0.15, 0.2) is 0 Å². The highest BCUT2D eigenvalue weighted by molar-refractivity contribution is 7.10. The molecule has 3 rings (SSSR count). The van der Waals surface area contributed by atoms with Crippen molar-refractivity contribution in [2.24, 2.45) is 0 Å². The van der Waals surface area contributed by atoms with Gasteiger partial charge in [-0.2, -0.15) is 11.3 Å². The number of carbonyl (C=O) groups is 1. The maximum Gasteiger partial charge on any atom is 0.252 e. The summed E-state index contributed by atoms with van der Waals surface area (Å²) in [6.45, 7) is 0.0337. The summed E-state index contributed by atoms with van der Waals surface area (Å²) in [6.07, 6.45) is 0. The van der Waals surface area contributed by atoms with Crippen LogP contribution in [-0.4, -0.2) is 17.6 Å². The largest absolute Gasteiger partial charge is 0.378 e. The first kappa shape index (κ1) is 17.5. The number of hydrogen-bond donors (Lipinski definition) is 2. The van der Waals surface area contributed by atoms with E-state index < -0.39 is 5.60 Å². The molecule has 3 nitrogen and oxygen atoms in total.